The quantitative estimate of drug-likeness (QED) is 0.852. The van der Waals surface area contributed by atoms with Gasteiger partial charge in [-0.3, -0.25) is 4.79 Å². The number of aliphatic hydroxyl groups is 1. The van der Waals surface area contributed by atoms with Crippen molar-refractivity contribution in [3.63, 3.8) is 0 Å². The lowest BCUT2D eigenvalue weighted by atomic mass is 10.0. The lowest BCUT2D eigenvalue weighted by Gasteiger charge is -2.22. The molecule has 19 heavy (non-hydrogen) atoms. The van der Waals surface area contributed by atoms with Crippen molar-refractivity contribution >= 4 is 5.91 Å². The molecule has 0 spiro atoms. The van der Waals surface area contributed by atoms with Crippen LogP contribution in [-0.4, -0.2) is 29.8 Å². The van der Waals surface area contributed by atoms with E-state index in [1.807, 2.05) is 0 Å². The third kappa shape index (κ3) is 3.92. The molecule has 1 amide bonds. The van der Waals surface area contributed by atoms with Crippen LogP contribution in [0.4, 0.5) is 4.39 Å². The van der Waals surface area contributed by atoms with Crippen LogP contribution >= 0.6 is 0 Å². The van der Waals surface area contributed by atoms with Crippen LogP contribution in [0.5, 0.6) is 5.75 Å². The number of hydrogen-bond acceptors (Lipinski definition) is 3. The van der Waals surface area contributed by atoms with Gasteiger partial charge < -0.3 is 15.2 Å². The SMILES string of the molecule is O=C(COc1ccccc1F)NCC1(O)CCCC1. The minimum absolute atomic E-state index is 0.0530. The molecule has 0 aromatic heterocycles. The first-order valence-corrected chi connectivity index (χ1v) is 6.45. The van der Waals surface area contributed by atoms with Crippen LogP contribution in [0, 0.1) is 5.82 Å². The van der Waals surface area contributed by atoms with E-state index in [1.54, 1.807) is 12.1 Å². The van der Waals surface area contributed by atoms with Crippen LogP contribution in [0.2, 0.25) is 0 Å². The third-order valence-corrected chi connectivity index (χ3v) is 3.34. The van der Waals surface area contributed by atoms with Crippen LogP contribution in [0.1, 0.15) is 25.7 Å². The van der Waals surface area contributed by atoms with Crippen molar-refractivity contribution in [2.75, 3.05) is 13.2 Å². The fourth-order valence-corrected chi connectivity index (χ4v) is 2.23. The minimum Gasteiger partial charge on any atom is -0.481 e. The Morgan fingerprint density at radius 3 is 2.74 bits per heavy atom. The highest BCUT2D eigenvalue weighted by atomic mass is 19.1. The minimum atomic E-state index is -0.784. The molecule has 0 atom stereocenters. The zero-order valence-corrected chi connectivity index (χ0v) is 10.7. The smallest absolute Gasteiger partial charge is 0.258 e. The summed E-state index contributed by atoms with van der Waals surface area (Å²) in [6.45, 7) is -0.0243. The Labute approximate surface area is 111 Å². The number of ether oxygens (including phenoxy) is 1. The number of rotatable bonds is 5. The van der Waals surface area contributed by atoms with Crippen LogP contribution < -0.4 is 10.1 Å². The van der Waals surface area contributed by atoms with Crippen molar-refractivity contribution in [2.24, 2.45) is 0 Å². The molecule has 1 aromatic rings. The molecule has 2 rings (SSSR count). The number of carbonyl (C=O) groups is 1. The molecule has 1 aromatic carbocycles. The summed E-state index contributed by atoms with van der Waals surface area (Å²) in [5.41, 5.74) is -0.784. The van der Waals surface area contributed by atoms with Crippen LogP contribution in [-0.2, 0) is 4.79 Å². The lowest BCUT2D eigenvalue weighted by Crippen LogP contribution is -2.42. The standard InChI is InChI=1S/C14H18FNO3/c15-11-5-1-2-6-12(11)19-9-13(17)16-10-14(18)7-3-4-8-14/h1-2,5-6,18H,3-4,7-10H2,(H,16,17). The molecule has 1 aliphatic carbocycles. The Morgan fingerprint density at radius 2 is 2.05 bits per heavy atom. The van der Waals surface area contributed by atoms with E-state index in [2.05, 4.69) is 5.32 Å². The monoisotopic (exact) mass is 267 g/mol. The van der Waals surface area contributed by atoms with Crippen molar-refractivity contribution in [3.05, 3.63) is 30.1 Å². The Bertz CT molecular complexity index is 444. The van der Waals surface area contributed by atoms with Gasteiger partial charge in [0, 0.05) is 6.54 Å². The van der Waals surface area contributed by atoms with Crippen molar-refractivity contribution in [1.29, 1.82) is 0 Å². The van der Waals surface area contributed by atoms with Crippen molar-refractivity contribution in [3.8, 4) is 5.75 Å². The highest BCUT2D eigenvalue weighted by Gasteiger charge is 2.31. The maximum Gasteiger partial charge on any atom is 0.258 e. The van der Waals surface area contributed by atoms with Gasteiger partial charge in [-0.1, -0.05) is 25.0 Å². The summed E-state index contributed by atoms with van der Waals surface area (Å²) in [5.74, 6) is -0.800. The van der Waals surface area contributed by atoms with Crippen molar-refractivity contribution in [1.82, 2.24) is 5.32 Å². The average Bonchev–Trinajstić information content (AvgIpc) is 2.83. The fourth-order valence-electron chi connectivity index (χ4n) is 2.23. The highest BCUT2D eigenvalue weighted by Crippen LogP contribution is 2.28. The summed E-state index contributed by atoms with van der Waals surface area (Å²) in [6, 6.07) is 5.93. The largest absolute Gasteiger partial charge is 0.481 e. The number of amides is 1. The van der Waals surface area contributed by atoms with Gasteiger partial charge in [0.15, 0.2) is 18.2 Å². The second kappa shape index (κ2) is 6.02. The number of para-hydroxylation sites is 1. The van der Waals surface area contributed by atoms with E-state index < -0.39 is 11.4 Å². The molecule has 0 bridgehead atoms. The molecule has 1 aliphatic rings. The first-order chi connectivity index (χ1) is 9.09. The summed E-state index contributed by atoms with van der Waals surface area (Å²) < 4.78 is 18.3. The normalized spacial score (nSPS) is 17.2. The molecule has 0 saturated heterocycles. The third-order valence-electron chi connectivity index (χ3n) is 3.34. The van der Waals surface area contributed by atoms with E-state index in [4.69, 9.17) is 4.74 Å². The highest BCUT2D eigenvalue weighted by molar-refractivity contribution is 5.77. The van der Waals surface area contributed by atoms with Gasteiger partial charge in [-0.2, -0.15) is 0 Å². The molecule has 2 N–H and O–H groups in total. The molecule has 4 nitrogen and oxygen atoms in total. The van der Waals surface area contributed by atoms with E-state index in [0.717, 1.165) is 12.8 Å². The number of nitrogens with one attached hydrogen (secondary N) is 1. The second-order valence-electron chi connectivity index (χ2n) is 4.93. The van der Waals surface area contributed by atoms with Gasteiger partial charge in [-0.15, -0.1) is 0 Å². The topological polar surface area (TPSA) is 58.6 Å². The maximum atomic E-state index is 13.2. The lowest BCUT2D eigenvalue weighted by molar-refractivity contribution is -0.124. The first-order valence-electron chi connectivity index (χ1n) is 6.45. The second-order valence-corrected chi connectivity index (χ2v) is 4.93. The Hall–Kier alpha value is -1.62. The van der Waals surface area contributed by atoms with Crippen LogP contribution in [0.3, 0.4) is 0 Å². The average molecular weight is 267 g/mol. The molecule has 0 heterocycles. The molecule has 104 valence electrons. The summed E-state index contributed by atoms with van der Waals surface area (Å²) >= 11 is 0. The van der Waals surface area contributed by atoms with E-state index in [0.29, 0.717) is 12.8 Å². The molecule has 0 unspecified atom stereocenters. The summed E-state index contributed by atoms with van der Waals surface area (Å²) in [6.07, 6.45) is 3.39. The fraction of sp³-hybridized carbons (Fsp3) is 0.500. The Kier molecular flexibility index (Phi) is 4.37. The van der Waals surface area contributed by atoms with Gasteiger partial charge in [-0.25, -0.2) is 4.39 Å². The molecule has 1 fully saturated rings. The van der Waals surface area contributed by atoms with Crippen LogP contribution in [0.25, 0.3) is 0 Å². The summed E-state index contributed by atoms with van der Waals surface area (Å²) in [5, 5.41) is 12.7. The zero-order valence-electron chi connectivity index (χ0n) is 10.7. The number of halogens is 1. The zero-order chi connectivity index (χ0) is 13.7. The first kappa shape index (κ1) is 13.8. The van der Waals surface area contributed by atoms with Gasteiger partial charge in [0.2, 0.25) is 0 Å². The molecular weight excluding hydrogens is 249 g/mol. The van der Waals surface area contributed by atoms with Gasteiger partial charge in [0.25, 0.3) is 5.91 Å². The molecule has 1 saturated carbocycles. The number of hydrogen-bond donors (Lipinski definition) is 2. The maximum absolute atomic E-state index is 13.2. The predicted octanol–water partition coefficient (Wildman–Crippen LogP) is 1.63. The van der Waals surface area contributed by atoms with Crippen molar-refractivity contribution < 1.29 is 19.0 Å². The predicted molar refractivity (Wildman–Crippen MR) is 68.3 cm³/mol. The molecule has 0 aliphatic heterocycles. The van der Waals surface area contributed by atoms with E-state index in [-0.39, 0.29) is 24.8 Å². The Morgan fingerprint density at radius 1 is 1.37 bits per heavy atom. The van der Waals surface area contributed by atoms with E-state index in [1.165, 1.54) is 12.1 Å². The number of benzene rings is 1. The van der Waals surface area contributed by atoms with Crippen molar-refractivity contribution in [2.45, 2.75) is 31.3 Å². The molecule has 0 radical (unpaired) electrons. The molecule has 5 heteroatoms. The number of carbonyl (C=O) groups excluding carboxylic acids is 1. The summed E-state index contributed by atoms with van der Waals surface area (Å²) in [7, 11) is 0. The van der Waals surface area contributed by atoms with E-state index >= 15 is 0 Å². The van der Waals surface area contributed by atoms with E-state index in [9.17, 15) is 14.3 Å². The Balaban J connectivity index is 1.74. The van der Waals surface area contributed by atoms with Crippen LogP contribution in [0.15, 0.2) is 24.3 Å². The van der Waals surface area contributed by atoms with Gasteiger partial charge in [-0.05, 0) is 25.0 Å². The molecular formula is C14H18FNO3. The summed E-state index contributed by atoms with van der Waals surface area (Å²) in [4.78, 5) is 11.6. The van der Waals surface area contributed by atoms with Gasteiger partial charge in [0.1, 0.15) is 0 Å². The van der Waals surface area contributed by atoms with Gasteiger partial charge in [0.05, 0.1) is 5.60 Å². The van der Waals surface area contributed by atoms with Gasteiger partial charge >= 0.3 is 0 Å².